The maximum Gasteiger partial charge on any atom is 0.0833 e. The molecule has 0 radical (unpaired) electrons. The van der Waals surface area contributed by atoms with E-state index in [0.29, 0.717) is 0 Å². The van der Waals surface area contributed by atoms with Gasteiger partial charge in [0, 0.05) is 6.04 Å². The van der Waals surface area contributed by atoms with Crippen molar-refractivity contribution in [3.63, 3.8) is 0 Å². The number of rotatable bonds is 4. The molecule has 1 atom stereocenters. The first-order valence-electron chi connectivity index (χ1n) is 9.54. The Morgan fingerprint density at radius 1 is 0.630 bits per heavy atom. The largest absolute Gasteiger partial charge is 0.325 e. The Bertz CT molecular complexity index is 1010. The van der Waals surface area contributed by atoms with Gasteiger partial charge in [0.25, 0.3) is 0 Å². The molecule has 0 heterocycles. The highest BCUT2D eigenvalue weighted by molar-refractivity contribution is 5.91. The minimum atomic E-state index is -0.796. The summed E-state index contributed by atoms with van der Waals surface area (Å²) in [7, 11) is 0. The average molecular weight is 354 g/mol. The van der Waals surface area contributed by atoms with Gasteiger partial charge in [-0.25, -0.2) is 0 Å². The van der Waals surface area contributed by atoms with Gasteiger partial charge in [-0.3, -0.25) is 0 Å². The van der Waals surface area contributed by atoms with Crippen LogP contribution in [-0.4, -0.2) is 6.04 Å². The highest BCUT2D eigenvalue weighted by Crippen LogP contribution is 2.39. The molecule has 27 heavy (non-hydrogen) atoms. The monoisotopic (exact) mass is 354 g/mol. The van der Waals surface area contributed by atoms with Crippen molar-refractivity contribution in [2.75, 3.05) is 0 Å². The van der Waals surface area contributed by atoms with E-state index in [1.165, 1.54) is 10.8 Å². The zero-order chi connectivity index (χ0) is 19.0. The Morgan fingerprint density at radius 3 is 1.48 bits per heavy atom. The summed E-state index contributed by atoms with van der Waals surface area (Å²) < 4.78 is 0. The number of fused-ring (bicyclic) bond motifs is 2. The third kappa shape index (κ3) is 2.82. The lowest BCUT2D eigenvalue weighted by Gasteiger charge is -2.40. The summed E-state index contributed by atoms with van der Waals surface area (Å²) in [6.45, 7) is 4.28. The van der Waals surface area contributed by atoms with E-state index in [1.807, 2.05) is 0 Å². The van der Waals surface area contributed by atoms with Gasteiger partial charge in [-0.15, -0.1) is 0 Å². The quantitative estimate of drug-likeness (QED) is 0.530. The van der Waals surface area contributed by atoms with E-state index in [2.05, 4.69) is 98.8 Å². The first kappa shape index (κ1) is 17.7. The SMILES string of the molecule is CC(C)C(N)C(N)(c1cccc2ccccc12)c1cccc2ccccc12. The minimum absolute atomic E-state index is 0.228. The van der Waals surface area contributed by atoms with Crippen LogP contribution < -0.4 is 11.5 Å². The molecule has 4 rings (SSSR count). The van der Waals surface area contributed by atoms with Crippen LogP contribution in [0.2, 0.25) is 0 Å². The predicted octanol–water partition coefficient (Wildman–Crippen LogP) is 5.18. The summed E-state index contributed by atoms with van der Waals surface area (Å²) in [5.74, 6) is 0.230. The Morgan fingerprint density at radius 2 is 1.04 bits per heavy atom. The molecule has 0 amide bonds. The Kier molecular flexibility index (Phi) is 4.47. The summed E-state index contributed by atoms with van der Waals surface area (Å²) in [6.07, 6.45) is 0. The second-order valence-corrected chi connectivity index (χ2v) is 7.69. The van der Waals surface area contributed by atoms with Crippen molar-refractivity contribution < 1.29 is 0 Å². The second-order valence-electron chi connectivity index (χ2n) is 7.69. The molecule has 0 saturated heterocycles. The zero-order valence-corrected chi connectivity index (χ0v) is 15.9. The lowest BCUT2D eigenvalue weighted by atomic mass is 9.71. The summed E-state index contributed by atoms with van der Waals surface area (Å²) in [6, 6.07) is 29.2. The molecule has 2 heteroatoms. The van der Waals surface area contributed by atoms with Gasteiger partial charge in [0.15, 0.2) is 0 Å². The third-order valence-corrected chi connectivity index (χ3v) is 5.71. The summed E-state index contributed by atoms with van der Waals surface area (Å²) in [5, 5.41) is 4.68. The zero-order valence-electron chi connectivity index (χ0n) is 15.9. The lowest BCUT2D eigenvalue weighted by molar-refractivity contribution is 0.341. The molecular weight excluding hydrogens is 328 g/mol. The van der Waals surface area contributed by atoms with Crippen LogP contribution >= 0.6 is 0 Å². The molecule has 0 aliphatic heterocycles. The van der Waals surface area contributed by atoms with Crippen LogP contribution in [0.15, 0.2) is 84.9 Å². The average Bonchev–Trinajstić information content (AvgIpc) is 2.71. The molecule has 4 N–H and O–H groups in total. The molecule has 0 bridgehead atoms. The van der Waals surface area contributed by atoms with Crippen molar-refractivity contribution in [1.82, 2.24) is 0 Å². The van der Waals surface area contributed by atoms with Crippen LogP contribution in [0, 0.1) is 5.92 Å². The van der Waals surface area contributed by atoms with E-state index in [4.69, 9.17) is 11.5 Å². The highest BCUT2D eigenvalue weighted by Gasteiger charge is 2.40. The fourth-order valence-electron chi connectivity index (χ4n) is 4.20. The Balaban J connectivity index is 2.10. The van der Waals surface area contributed by atoms with E-state index in [9.17, 15) is 0 Å². The smallest absolute Gasteiger partial charge is 0.0833 e. The first-order chi connectivity index (χ1) is 13.0. The molecule has 0 fully saturated rings. The van der Waals surface area contributed by atoms with Crippen molar-refractivity contribution in [3.8, 4) is 0 Å². The van der Waals surface area contributed by atoms with Crippen molar-refractivity contribution in [2.45, 2.75) is 25.4 Å². The molecule has 2 nitrogen and oxygen atoms in total. The topological polar surface area (TPSA) is 52.0 Å². The summed E-state index contributed by atoms with van der Waals surface area (Å²) in [4.78, 5) is 0. The molecule has 0 aliphatic rings. The Hall–Kier alpha value is -2.68. The molecule has 0 aliphatic carbocycles. The van der Waals surface area contributed by atoms with Gasteiger partial charge in [0.2, 0.25) is 0 Å². The Labute approximate surface area is 160 Å². The van der Waals surface area contributed by atoms with Crippen LogP contribution in [0.1, 0.15) is 25.0 Å². The van der Waals surface area contributed by atoms with Crippen LogP contribution in [0.4, 0.5) is 0 Å². The van der Waals surface area contributed by atoms with Crippen LogP contribution in [0.3, 0.4) is 0 Å². The molecule has 0 aromatic heterocycles. The molecule has 4 aromatic rings. The van der Waals surface area contributed by atoms with E-state index < -0.39 is 5.54 Å². The molecule has 4 aromatic carbocycles. The second kappa shape index (κ2) is 6.80. The van der Waals surface area contributed by atoms with Gasteiger partial charge in [-0.2, -0.15) is 0 Å². The van der Waals surface area contributed by atoms with Gasteiger partial charge in [-0.05, 0) is 38.6 Å². The number of hydrogen-bond donors (Lipinski definition) is 2. The van der Waals surface area contributed by atoms with E-state index in [1.54, 1.807) is 0 Å². The first-order valence-corrected chi connectivity index (χ1v) is 9.54. The summed E-state index contributed by atoms with van der Waals surface area (Å²) in [5.41, 5.74) is 15.5. The van der Waals surface area contributed by atoms with Crippen molar-refractivity contribution in [1.29, 1.82) is 0 Å². The molecule has 0 spiro atoms. The van der Waals surface area contributed by atoms with Gasteiger partial charge >= 0.3 is 0 Å². The molecule has 0 saturated carbocycles. The van der Waals surface area contributed by atoms with E-state index in [-0.39, 0.29) is 12.0 Å². The van der Waals surface area contributed by atoms with Gasteiger partial charge in [-0.1, -0.05) is 98.8 Å². The standard InChI is InChI=1S/C25H26N2/c1-17(2)24(26)25(27,22-15-7-11-18-9-3-5-13-20(18)22)23-16-8-12-19-10-4-6-14-21(19)23/h3-17,24H,26-27H2,1-2H3. The van der Waals surface area contributed by atoms with E-state index >= 15 is 0 Å². The fourth-order valence-corrected chi connectivity index (χ4v) is 4.20. The van der Waals surface area contributed by atoms with Crippen molar-refractivity contribution in [3.05, 3.63) is 96.1 Å². The highest BCUT2D eigenvalue weighted by atomic mass is 14.9. The van der Waals surface area contributed by atoms with Gasteiger partial charge in [0.05, 0.1) is 5.54 Å². The van der Waals surface area contributed by atoms with Crippen LogP contribution in [-0.2, 0) is 5.54 Å². The molecular formula is C25H26N2. The third-order valence-electron chi connectivity index (χ3n) is 5.71. The van der Waals surface area contributed by atoms with E-state index in [0.717, 1.165) is 21.9 Å². The predicted molar refractivity (Wildman–Crippen MR) is 116 cm³/mol. The van der Waals surface area contributed by atoms with Crippen LogP contribution in [0.5, 0.6) is 0 Å². The normalized spacial score (nSPS) is 13.4. The van der Waals surface area contributed by atoms with Gasteiger partial charge < -0.3 is 11.5 Å². The fraction of sp³-hybridized carbons (Fsp3) is 0.200. The molecule has 136 valence electrons. The number of nitrogens with two attached hydrogens (primary N) is 2. The molecule has 1 unspecified atom stereocenters. The summed E-state index contributed by atoms with van der Waals surface area (Å²) >= 11 is 0. The maximum absolute atomic E-state index is 7.29. The van der Waals surface area contributed by atoms with Gasteiger partial charge in [0.1, 0.15) is 0 Å². The van der Waals surface area contributed by atoms with Crippen molar-refractivity contribution >= 4 is 21.5 Å². The van der Waals surface area contributed by atoms with Crippen LogP contribution in [0.25, 0.3) is 21.5 Å². The van der Waals surface area contributed by atoms with Crippen molar-refractivity contribution in [2.24, 2.45) is 17.4 Å². The maximum atomic E-state index is 7.29. The minimum Gasteiger partial charge on any atom is -0.325 e. The lowest BCUT2D eigenvalue weighted by Crippen LogP contribution is -2.56. The number of benzene rings is 4. The number of hydrogen-bond acceptors (Lipinski definition) is 2.